The van der Waals surface area contributed by atoms with Crippen molar-refractivity contribution in [2.24, 2.45) is 11.7 Å². The second-order valence-corrected chi connectivity index (χ2v) is 5.22. The highest BCUT2D eigenvalue weighted by Crippen LogP contribution is 2.36. The molecule has 0 aliphatic heterocycles. The highest BCUT2D eigenvalue weighted by molar-refractivity contribution is 5.72. The molecule has 1 fully saturated rings. The van der Waals surface area contributed by atoms with Crippen LogP contribution in [0.3, 0.4) is 0 Å². The number of ether oxygens (including phenoxy) is 2. The molecule has 0 aromatic heterocycles. The molecule has 2 rings (SSSR count). The monoisotopic (exact) mass is 278 g/mol. The van der Waals surface area contributed by atoms with Gasteiger partial charge in [-0.3, -0.25) is 0 Å². The minimum absolute atomic E-state index is 0.166. The fourth-order valence-electron chi connectivity index (χ4n) is 2.42. The second-order valence-electron chi connectivity index (χ2n) is 5.22. The van der Waals surface area contributed by atoms with E-state index in [1.807, 2.05) is 18.2 Å². The Hall–Kier alpha value is -1.91. The molecule has 0 radical (unpaired) electrons. The van der Waals surface area contributed by atoms with Crippen LogP contribution in [0, 0.1) is 5.92 Å². The van der Waals surface area contributed by atoms with Crippen LogP contribution in [0.2, 0.25) is 0 Å². The molecule has 1 aliphatic rings. The Morgan fingerprint density at radius 2 is 2.10 bits per heavy atom. The van der Waals surface area contributed by atoms with E-state index in [1.54, 1.807) is 19.1 Å². The summed E-state index contributed by atoms with van der Waals surface area (Å²) in [7, 11) is 3.22. The second kappa shape index (κ2) is 6.03. The lowest BCUT2D eigenvalue weighted by molar-refractivity contribution is 0.176. The van der Waals surface area contributed by atoms with Crippen LogP contribution < -0.4 is 15.2 Å². The number of urea groups is 1. The normalized spacial score (nSPS) is 15.6. The number of amides is 2. The fourth-order valence-corrected chi connectivity index (χ4v) is 2.42. The van der Waals surface area contributed by atoms with Gasteiger partial charge in [0.05, 0.1) is 20.8 Å². The maximum absolute atomic E-state index is 11.7. The summed E-state index contributed by atoms with van der Waals surface area (Å²) in [5.41, 5.74) is 6.45. The van der Waals surface area contributed by atoms with Gasteiger partial charge in [-0.05, 0) is 37.8 Å². The number of nitrogens with two attached hydrogens (primary N) is 1. The highest BCUT2D eigenvalue weighted by Gasteiger charge is 2.33. The lowest BCUT2D eigenvalue weighted by Gasteiger charge is -2.28. The van der Waals surface area contributed by atoms with E-state index in [9.17, 15) is 4.79 Å². The van der Waals surface area contributed by atoms with Crippen molar-refractivity contribution in [3.05, 3.63) is 23.8 Å². The largest absolute Gasteiger partial charge is 0.497 e. The molecule has 1 aliphatic carbocycles. The average Bonchev–Trinajstić information content (AvgIpc) is 3.28. The number of benzene rings is 1. The smallest absolute Gasteiger partial charge is 0.315 e. The van der Waals surface area contributed by atoms with E-state index in [4.69, 9.17) is 15.2 Å². The van der Waals surface area contributed by atoms with Crippen LogP contribution >= 0.6 is 0 Å². The van der Waals surface area contributed by atoms with Crippen LogP contribution in [-0.4, -0.2) is 31.2 Å². The van der Waals surface area contributed by atoms with Gasteiger partial charge in [0.1, 0.15) is 11.5 Å². The van der Waals surface area contributed by atoms with Gasteiger partial charge in [-0.1, -0.05) is 0 Å². The number of hydrogen-bond donors (Lipinski definition) is 1. The molecule has 1 saturated carbocycles. The molecule has 0 bridgehead atoms. The lowest BCUT2D eigenvalue weighted by atomic mass is 10.1. The maximum Gasteiger partial charge on any atom is 0.315 e. The Morgan fingerprint density at radius 3 is 2.60 bits per heavy atom. The van der Waals surface area contributed by atoms with Gasteiger partial charge in [0.15, 0.2) is 0 Å². The van der Waals surface area contributed by atoms with Crippen LogP contribution in [0.15, 0.2) is 18.2 Å². The first kappa shape index (κ1) is 14.5. The molecule has 5 nitrogen and oxygen atoms in total. The van der Waals surface area contributed by atoms with Crippen LogP contribution in [0.4, 0.5) is 4.79 Å². The van der Waals surface area contributed by atoms with Gasteiger partial charge < -0.3 is 20.1 Å². The summed E-state index contributed by atoms with van der Waals surface area (Å²) in [5.74, 6) is 2.01. The number of nitrogens with zero attached hydrogens (tertiary/aromatic N) is 1. The number of carbonyl (C=O) groups is 1. The van der Waals surface area contributed by atoms with Crippen molar-refractivity contribution in [2.45, 2.75) is 32.4 Å². The third kappa shape index (κ3) is 3.15. The van der Waals surface area contributed by atoms with Crippen molar-refractivity contribution in [3.8, 4) is 11.5 Å². The van der Waals surface area contributed by atoms with E-state index in [2.05, 4.69) is 6.92 Å². The van der Waals surface area contributed by atoms with Gasteiger partial charge in [0, 0.05) is 17.7 Å². The molecule has 1 aromatic rings. The molecule has 0 heterocycles. The quantitative estimate of drug-likeness (QED) is 0.869. The fraction of sp³-hybridized carbons (Fsp3) is 0.533. The number of rotatable bonds is 6. The molecular weight excluding hydrogens is 256 g/mol. The number of carbonyl (C=O) groups excluding carboxylic acids is 1. The summed E-state index contributed by atoms with van der Waals surface area (Å²) in [6, 6.07) is 5.36. The van der Waals surface area contributed by atoms with Gasteiger partial charge in [0.25, 0.3) is 0 Å². The number of primary amides is 1. The molecule has 1 aromatic carbocycles. The Labute approximate surface area is 119 Å². The van der Waals surface area contributed by atoms with E-state index in [0.29, 0.717) is 18.2 Å². The molecule has 0 saturated heterocycles. The third-order valence-electron chi connectivity index (χ3n) is 3.91. The van der Waals surface area contributed by atoms with E-state index >= 15 is 0 Å². The summed E-state index contributed by atoms with van der Waals surface area (Å²) in [4.78, 5) is 13.4. The van der Waals surface area contributed by atoms with Crippen LogP contribution in [0.5, 0.6) is 11.5 Å². The molecule has 0 spiro atoms. The first-order valence-corrected chi connectivity index (χ1v) is 6.83. The van der Waals surface area contributed by atoms with Gasteiger partial charge in [-0.15, -0.1) is 0 Å². The summed E-state index contributed by atoms with van der Waals surface area (Å²) < 4.78 is 10.5. The van der Waals surface area contributed by atoms with Gasteiger partial charge in [-0.25, -0.2) is 4.79 Å². The average molecular weight is 278 g/mol. The zero-order valence-electron chi connectivity index (χ0n) is 12.3. The Kier molecular flexibility index (Phi) is 4.37. The van der Waals surface area contributed by atoms with Crippen LogP contribution in [-0.2, 0) is 6.54 Å². The first-order valence-electron chi connectivity index (χ1n) is 6.83. The van der Waals surface area contributed by atoms with Crippen molar-refractivity contribution in [1.29, 1.82) is 0 Å². The Bertz CT molecular complexity index is 486. The van der Waals surface area contributed by atoms with E-state index in [0.717, 1.165) is 11.3 Å². The van der Waals surface area contributed by atoms with Crippen molar-refractivity contribution in [2.75, 3.05) is 14.2 Å². The van der Waals surface area contributed by atoms with Crippen molar-refractivity contribution >= 4 is 6.03 Å². The summed E-state index contributed by atoms with van der Waals surface area (Å²) in [6.07, 6.45) is 2.34. The van der Waals surface area contributed by atoms with E-state index < -0.39 is 0 Å². The predicted octanol–water partition coefficient (Wildman–Crippen LogP) is 2.38. The number of hydrogen-bond acceptors (Lipinski definition) is 3. The van der Waals surface area contributed by atoms with Gasteiger partial charge in [0.2, 0.25) is 0 Å². The molecule has 110 valence electrons. The minimum atomic E-state index is -0.387. The van der Waals surface area contributed by atoms with Crippen molar-refractivity contribution in [3.63, 3.8) is 0 Å². The number of methoxy groups -OCH3 is 2. The first-order chi connectivity index (χ1) is 9.56. The maximum atomic E-state index is 11.7. The van der Waals surface area contributed by atoms with Crippen LogP contribution in [0.25, 0.3) is 0 Å². The summed E-state index contributed by atoms with van der Waals surface area (Å²) >= 11 is 0. The standard InChI is InChI=1S/C15H22N2O3/c1-10(11-4-5-11)17(15(16)18)9-12-6-7-13(19-2)8-14(12)20-3/h6-8,10-11H,4-5,9H2,1-3H3,(H2,16,18). The van der Waals surface area contributed by atoms with Crippen molar-refractivity contribution < 1.29 is 14.3 Å². The Morgan fingerprint density at radius 1 is 1.40 bits per heavy atom. The summed E-state index contributed by atoms with van der Waals surface area (Å²) in [5, 5.41) is 0. The molecule has 1 atom stereocenters. The molecular formula is C15H22N2O3. The predicted molar refractivity (Wildman–Crippen MR) is 76.9 cm³/mol. The van der Waals surface area contributed by atoms with Gasteiger partial charge in [-0.2, -0.15) is 0 Å². The zero-order valence-corrected chi connectivity index (χ0v) is 12.3. The van der Waals surface area contributed by atoms with E-state index in [1.165, 1.54) is 12.8 Å². The Balaban J connectivity index is 2.19. The topological polar surface area (TPSA) is 64.8 Å². The molecule has 20 heavy (non-hydrogen) atoms. The van der Waals surface area contributed by atoms with Crippen molar-refractivity contribution in [1.82, 2.24) is 4.90 Å². The highest BCUT2D eigenvalue weighted by atomic mass is 16.5. The van der Waals surface area contributed by atoms with E-state index in [-0.39, 0.29) is 12.1 Å². The molecule has 2 amide bonds. The SMILES string of the molecule is COc1ccc(CN(C(N)=O)C(C)C2CC2)c(OC)c1. The minimum Gasteiger partial charge on any atom is -0.497 e. The molecule has 2 N–H and O–H groups in total. The van der Waals surface area contributed by atoms with Crippen LogP contribution in [0.1, 0.15) is 25.3 Å². The lowest BCUT2D eigenvalue weighted by Crippen LogP contribution is -2.42. The zero-order chi connectivity index (χ0) is 14.7. The molecule has 5 heteroatoms. The molecule has 1 unspecified atom stereocenters. The third-order valence-corrected chi connectivity index (χ3v) is 3.91. The summed E-state index contributed by atoms with van der Waals surface area (Å²) in [6.45, 7) is 2.51. The van der Waals surface area contributed by atoms with Gasteiger partial charge >= 0.3 is 6.03 Å².